The average Bonchev–Trinajstić information content (AvgIpc) is 2.69. The first-order chi connectivity index (χ1) is 13.1. The molecule has 0 spiro atoms. The van der Waals surface area contributed by atoms with Gasteiger partial charge < -0.3 is 20.5 Å². The zero-order valence-electron chi connectivity index (χ0n) is 16.2. The number of amides is 2. The van der Waals surface area contributed by atoms with Gasteiger partial charge in [-0.2, -0.15) is 0 Å². The molecule has 0 aliphatic heterocycles. The third-order valence-corrected chi connectivity index (χ3v) is 4.48. The number of aliphatic hydroxyl groups excluding tert-OH is 1. The summed E-state index contributed by atoms with van der Waals surface area (Å²) in [5, 5.41) is 15.1. The molecule has 3 N–H and O–H groups in total. The second-order valence-electron chi connectivity index (χ2n) is 6.62. The molecule has 0 saturated heterocycles. The summed E-state index contributed by atoms with van der Waals surface area (Å²) in [6, 6.07) is 15.6. The molecule has 0 saturated carbocycles. The SMILES string of the molecule is CCCOc1ccc(CNC(=O)NCC(CCO)c2ccccc2)c(C)c1. The summed E-state index contributed by atoms with van der Waals surface area (Å²) < 4.78 is 5.63. The molecule has 0 aliphatic carbocycles. The van der Waals surface area contributed by atoms with Crippen molar-refractivity contribution in [3.05, 3.63) is 65.2 Å². The van der Waals surface area contributed by atoms with Crippen molar-refractivity contribution in [2.75, 3.05) is 19.8 Å². The fraction of sp³-hybridized carbons (Fsp3) is 0.409. The topological polar surface area (TPSA) is 70.6 Å². The number of hydrogen-bond donors (Lipinski definition) is 3. The number of carbonyl (C=O) groups excluding carboxylic acids is 1. The van der Waals surface area contributed by atoms with E-state index in [1.165, 1.54) is 0 Å². The molecule has 5 heteroatoms. The molecule has 0 fully saturated rings. The number of hydrogen-bond acceptors (Lipinski definition) is 3. The van der Waals surface area contributed by atoms with Gasteiger partial charge in [-0.3, -0.25) is 0 Å². The minimum Gasteiger partial charge on any atom is -0.494 e. The summed E-state index contributed by atoms with van der Waals surface area (Å²) in [6.45, 7) is 5.83. The normalized spacial score (nSPS) is 11.7. The zero-order chi connectivity index (χ0) is 19.5. The first-order valence-electron chi connectivity index (χ1n) is 9.53. The lowest BCUT2D eigenvalue weighted by Crippen LogP contribution is -2.37. The van der Waals surface area contributed by atoms with Crippen LogP contribution in [-0.4, -0.2) is 30.9 Å². The van der Waals surface area contributed by atoms with E-state index < -0.39 is 0 Å². The summed E-state index contributed by atoms with van der Waals surface area (Å²) in [5.41, 5.74) is 3.26. The van der Waals surface area contributed by atoms with Gasteiger partial charge in [0.15, 0.2) is 0 Å². The molecule has 0 aliphatic rings. The van der Waals surface area contributed by atoms with E-state index in [1.807, 2.05) is 55.5 Å². The molecular formula is C22H30N2O3. The standard InChI is InChI=1S/C22H30N2O3/c1-3-13-27-21-10-9-19(17(2)14-21)15-23-22(26)24-16-20(11-12-25)18-7-5-4-6-8-18/h4-10,14,20,25H,3,11-13,15-16H2,1-2H3,(H2,23,24,26). The Hall–Kier alpha value is -2.53. The van der Waals surface area contributed by atoms with Crippen molar-refractivity contribution in [2.45, 2.75) is 39.2 Å². The Kier molecular flexibility index (Phi) is 8.65. The van der Waals surface area contributed by atoms with E-state index in [1.54, 1.807) is 0 Å². The quantitative estimate of drug-likeness (QED) is 0.596. The van der Waals surface area contributed by atoms with E-state index in [0.717, 1.165) is 28.9 Å². The van der Waals surface area contributed by atoms with E-state index in [4.69, 9.17) is 4.74 Å². The van der Waals surface area contributed by atoms with Gasteiger partial charge in [0.05, 0.1) is 6.61 Å². The molecule has 0 heterocycles. The van der Waals surface area contributed by atoms with E-state index >= 15 is 0 Å². The monoisotopic (exact) mass is 370 g/mol. The predicted molar refractivity (Wildman–Crippen MR) is 108 cm³/mol. The van der Waals surface area contributed by atoms with Gasteiger partial charge >= 0.3 is 6.03 Å². The van der Waals surface area contributed by atoms with Crippen LogP contribution in [0.15, 0.2) is 48.5 Å². The van der Waals surface area contributed by atoms with Gasteiger partial charge in [-0.1, -0.05) is 43.3 Å². The lowest BCUT2D eigenvalue weighted by atomic mass is 9.96. The molecule has 27 heavy (non-hydrogen) atoms. The van der Waals surface area contributed by atoms with Crippen LogP contribution in [0.5, 0.6) is 5.75 Å². The maximum atomic E-state index is 12.2. The van der Waals surface area contributed by atoms with Crippen molar-refractivity contribution in [2.24, 2.45) is 0 Å². The van der Waals surface area contributed by atoms with Crippen molar-refractivity contribution in [1.29, 1.82) is 0 Å². The van der Waals surface area contributed by atoms with Gasteiger partial charge in [-0.15, -0.1) is 0 Å². The molecule has 2 aromatic carbocycles. The Labute approximate surface area is 161 Å². The van der Waals surface area contributed by atoms with Gasteiger partial charge in [-0.05, 0) is 48.6 Å². The van der Waals surface area contributed by atoms with Crippen LogP contribution < -0.4 is 15.4 Å². The highest BCUT2D eigenvalue weighted by Gasteiger charge is 2.12. The third-order valence-electron chi connectivity index (χ3n) is 4.48. The Bertz CT molecular complexity index is 704. The fourth-order valence-corrected chi connectivity index (χ4v) is 2.90. The van der Waals surface area contributed by atoms with Crippen molar-refractivity contribution >= 4 is 6.03 Å². The molecule has 0 radical (unpaired) electrons. The van der Waals surface area contributed by atoms with Crippen LogP contribution >= 0.6 is 0 Å². The highest BCUT2D eigenvalue weighted by Crippen LogP contribution is 2.19. The van der Waals surface area contributed by atoms with E-state index in [2.05, 4.69) is 17.6 Å². The molecule has 0 bridgehead atoms. The van der Waals surface area contributed by atoms with Crippen LogP contribution in [-0.2, 0) is 6.54 Å². The second-order valence-corrected chi connectivity index (χ2v) is 6.62. The number of rotatable bonds is 10. The van der Waals surface area contributed by atoms with Gasteiger partial charge in [0.25, 0.3) is 0 Å². The zero-order valence-corrected chi connectivity index (χ0v) is 16.2. The first-order valence-corrected chi connectivity index (χ1v) is 9.53. The Balaban J connectivity index is 1.83. The molecule has 146 valence electrons. The van der Waals surface area contributed by atoms with Crippen LogP contribution in [0.1, 0.15) is 42.4 Å². The number of nitrogens with one attached hydrogen (secondary N) is 2. The van der Waals surface area contributed by atoms with E-state index in [9.17, 15) is 9.90 Å². The highest BCUT2D eigenvalue weighted by atomic mass is 16.5. The summed E-state index contributed by atoms with van der Waals surface area (Å²) in [7, 11) is 0. The fourth-order valence-electron chi connectivity index (χ4n) is 2.90. The minimum absolute atomic E-state index is 0.0918. The van der Waals surface area contributed by atoms with Crippen LogP contribution in [0, 0.1) is 6.92 Å². The van der Waals surface area contributed by atoms with Gasteiger partial charge in [0.2, 0.25) is 0 Å². The number of benzene rings is 2. The highest BCUT2D eigenvalue weighted by molar-refractivity contribution is 5.74. The molecular weight excluding hydrogens is 340 g/mol. The number of ether oxygens (including phenoxy) is 1. The summed E-state index contributed by atoms with van der Waals surface area (Å²) in [5.74, 6) is 0.955. The summed E-state index contributed by atoms with van der Waals surface area (Å²) >= 11 is 0. The predicted octanol–water partition coefficient (Wildman–Crippen LogP) is 3.75. The molecule has 1 unspecified atom stereocenters. The Morgan fingerprint density at radius 2 is 1.93 bits per heavy atom. The van der Waals surface area contributed by atoms with Crippen molar-refractivity contribution in [1.82, 2.24) is 10.6 Å². The van der Waals surface area contributed by atoms with Crippen LogP contribution in [0.2, 0.25) is 0 Å². The molecule has 2 amide bonds. The Morgan fingerprint density at radius 3 is 2.59 bits per heavy atom. The third kappa shape index (κ3) is 6.94. The van der Waals surface area contributed by atoms with Crippen molar-refractivity contribution in [3.63, 3.8) is 0 Å². The van der Waals surface area contributed by atoms with E-state index in [0.29, 0.717) is 26.1 Å². The molecule has 2 rings (SSSR count). The maximum Gasteiger partial charge on any atom is 0.315 e. The first kappa shape index (κ1) is 20.8. The Morgan fingerprint density at radius 1 is 1.15 bits per heavy atom. The van der Waals surface area contributed by atoms with Crippen LogP contribution in [0.4, 0.5) is 4.79 Å². The largest absolute Gasteiger partial charge is 0.494 e. The second kappa shape index (κ2) is 11.2. The summed E-state index contributed by atoms with van der Waals surface area (Å²) in [4.78, 5) is 12.2. The number of carbonyl (C=O) groups is 1. The van der Waals surface area contributed by atoms with Gasteiger partial charge in [0, 0.05) is 25.6 Å². The van der Waals surface area contributed by atoms with Gasteiger partial charge in [-0.25, -0.2) is 4.79 Å². The van der Waals surface area contributed by atoms with Crippen molar-refractivity contribution in [3.8, 4) is 5.75 Å². The minimum atomic E-state index is -0.209. The lowest BCUT2D eigenvalue weighted by molar-refractivity contribution is 0.237. The number of urea groups is 1. The molecule has 0 aromatic heterocycles. The smallest absolute Gasteiger partial charge is 0.315 e. The van der Waals surface area contributed by atoms with Crippen LogP contribution in [0.3, 0.4) is 0 Å². The maximum absolute atomic E-state index is 12.2. The number of aryl methyl sites for hydroxylation is 1. The molecule has 1 atom stereocenters. The van der Waals surface area contributed by atoms with Crippen LogP contribution in [0.25, 0.3) is 0 Å². The number of aliphatic hydroxyl groups is 1. The van der Waals surface area contributed by atoms with Crippen molar-refractivity contribution < 1.29 is 14.6 Å². The van der Waals surface area contributed by atoms with Gasteiger partial charge in [0.1, 0.15) is 5.75 Å². The lowest BCUT2D eigenvalue weighted by Gasteiger charge is -2.17. The van der Waals surface area contributed by atoms with E-state index in [-0.39, 0.29) is 18.6 Å². The summed E-state index contributed by atoms with van der Waals surface area (Å²) in [6.07, 6.45) is 1.59. The molecule has 2 aromatic rings. The average molecular weight is 370 g/mol. The molecule has 5 nitrogen and oxygen atoms in total.